The monoisotopic (exact) mass is 238 g/mol. The third kappa shape index (κ3) is 4.19. The number of piperidine rings is 1. The highest BCUT2D eigenvalue weighted by Crippen LogP contribution is 2.19. The molecule has 0 aromatic carbocycles. The fourth-order valence-corrected chi connectivity index (χ4v) is 2.45. The van der Waals surface area contributed by atoms with Crippen LogP contribution in [0.5, 0.6) is 0 Å². The maximum absolute atomic E-state index is 5.84. The number of likely N-dealkylation sites (tertiary alicyclic amines) is 1. The number of hydrogen-bond acceptors (Lipinski definition) is 2. The predicted octanol–water partition coefficient (Wildman–Crippen LogP) is 1.17. The molecule has 2 unspecified atom stereocenters. The number of rotatable bonds is 4. The lowest BCUT2D eigenvalue weighted by Gasteiger charge is -2.34. The van der Waals surface area contributed by atoms with Crippen molar-refractivity contribution in [2.24, 2.45) is 16.6 Å². The molecule has 0 aromatic rings. The van der Waals surface area contributed by atoms with Crippen LogP contribution < -0.4 is 11.1 Å². The summed E-state index contributed by atoms with van der Waals surface area (Å²) in [6.45, 7) is 7.85. The zero-order valence-corrected chi connectivity index (χ0v) is 11.2. The van der Waals surface area contributed by atoms with Gasteiger partial charge in [-0.1, -0.05) is 6.92 Å². The highest BCUT2D eigenvalue weighted by molar-refractivity contribution is 5.78. The van der Waals surface area contributed by atoms with Gasteiger partial charge in [0.2, 0.25) is 0 Å². The summed E-state index contributed by atoms with van der Waals surface area (Å²) in [6.07, 6.45) is 5.19. The van der Waals surface area contributed by atoms with Gasteiger partial charge in [0.15, 0.2) is 5.96 Å². The number of nitrogens with zero attached hydrogens (tertiary/aromatic N) is 2. The largest absolute Gasteiger partial charge is 0.370 e. The Labute approximate surface area is 105 Å². The molecule has 4 heteroatoms. The van der Waals surface area contributed by atoms with Gasteiger partial charge in [0, 0.05) is 18.6 Å². The van der Waals surface area contributed by atoms with E-state index in [9.17, 15) is 0 Å². The van der Waals surface area contributed by atoms with Gasteiger partial charge in [-0.2, -0.15) is 0 Å². The van der Waals surface area contributed by atoms with Crippen LogP contribution in [0.25, 0.3) is 0 Å². The summed E-state index contributed by atoms with van der Waals surface area (Å²) >= 11 is 0. The average Bonchev–Trinajstić information content (AvgIpc) is 3.10. The van der Waals surface area contributed by atoms with Gasteiger partial charge in [0.25, 0.3) is 0 Å². The van der Waals surface area contributed by atoms with Crippen molar-refractivity contribution in [3.05, 3.63) is 0 Å². The van der Waals surface area contributed by atoms with Crippen LogP contribution >= 0.6 is 0 Å². The van der Waals surface area contributed by atoms with Crippen molar-refractivity contribution in [2.75, 3.05) is 19.6 Å². The van der Waals surface area contributed by atoms with Crippen molar-refractivity contribution in [3.63, 3.8) is 0 Å². The second-order valence-corrected chi connectivity index (χ2v) is 5.74. The molecule has 0 spiro atoms. The van der Waals surface area contributed by atoms with E-state index in [0.717, 1.165) is 12.5 Å². The number of aliphatic imine (C=N–C) groups is 1. The second-order valence-electron chi connectivity index (χ2n) is 5.74. The number of nitrogens with two attached hydrogens (primary N) is 1. The van der Waals surface area contributed by atoms with Crippen molar-refractivity contribution in [1.82, 2.24) is 10.2 Å². The first kappa shape index (κ1) is 12.7. The molecule has 0 aromatic heterocycles. The Morgan fingerprint density at radius 1 is 1.47 bits per heavy atom. The SMILES string of the molecule is CC1CCCN(C(C)CN=C(N)NC2CC2)C1. The Balaban J connectivity index is 1.73. The lowest BCUT2D eigenvalue weighted by atomic mass is 9.99. The van der Waals surface area contributed by atoms with E-state index in [0.29, 0.717) is 18.0 Å². The topological polar surface area (TPSA) is 53.6 Å². The van der Waals surface area contributed by atoms with E-state index >= 15 is 0 Å². The lowest BCUT2D eigenvalue weighted by Crippen LogP contribution is -2.43. The predicted molar refractivity (Wildman–Crippen MR) is 72.1 cm³/mol. The Hall–Kier alpha value is -0.770. The molecule has 4 nitrogen and oxygen atoms in total. The summed E-state index contributed by atoms with van der Waals surface area (Å²) in [5, 5.41) is 3.23. The molecule has 0 amide bonds. The Bertz CT molecular complexity index is 273. The Morgan fingerprint density at radius 3 is 2.88 bits per heavy atom. The third-order valence-electron chi connectivity index (χ3n) is 3.77. The normalized spacial score (nSPS) is 29.1. The zero-order chi connectivity index (χ0) is 12.3. The van der Waals surface area contributed by atoms with Gasteiger partial charge in [-0.25, -0.2) is 0 Å². The molecule has 0 radical (unpaired) electrons. The molecule has 2 rings (SSSR count). The third-order valence-corrected chi connectivity index (χ3v) is 3.77. The first-order valence-corrected chi connectivity index (χ1v) is 6.95. The fraction of sp³-hybridized carbons (Fsp3) is 0.923. The van der Waals surface area contributed by atoms with Gasteiger partial charge in [0.1, 0.15) is 0 Å². The molecular weight excluding hydrogens is 212 g/mol. The van der Waals surface area contributed by atoms with E-state index in [1.165, 1.54) is 38.8 Å². The van der Waals surface area contributed by atoms with Gasteiger partial charge < -0.3 is 11.1 Å². The molecule has 1 aliphatic heterocycles. The Kier molecular flexibility index (Phi) is 4.26. The van der Waals surface area contributed by atoms with Crippen molar-refractivity contribution >= 4 is 5.96 Å². The minimum absolute atomic E-state index is 0.511. The highest BCUT2D eigenvalue weighted by Gasteiger charge is 2.22. The molecular formula is C13H26N4. The molecule has 1 aliphatic carbocycles. The van der Waals surface area contributed by atoms with Crippen molar-refractivity contribution < 1.29 is 0 Å². The van der Waals surface area contributed by atoms with E-state index in [2.05, 4.69) is 29.1 Å². The molecule has 0 bridgehead atoms. The van der Waals surface area contributed by atoms with Crippen LogP contribution in [0.3, 0.4) is 0 Å². The van der Waals surface area contributed by atoms with Crippen LogP contribution in [-0.4, -0.2) is 42.6 Å². The maximum Gasteiger partial charge on any atom is 0.188 e. The molecule has 1 saturated heterocycles. The summed E-state index contributed by atoms with van der Waals surface area (Å²) in [5.74, 6) is 1.46. The first-order chi connectivity index (χ1) is 8.15. The molecule has 3 N–H and O–H groups in total. The van der Waals surface area contributed by atoms with Crippen LogP contribution in [0.1, 0.15) is 39.5 Å². The standard InChI is InChI=1S/C13H26N4/c1-10-4-3-7-17(9-10)11(2)8-15-13(14)16-12-5-6-12/h10-12H,3-9H2,1-2H3,(H3,14,15,16). The van der Waals surface area contributed by atoms with Gasteiger partial charge in [-0.15, -0.1) is 0 Å². The van der Waals surface area contributed by atoms with Crippen LogP contribution in [0.15, 0.2) is 4.99 Å². The summed E-state index contributed by atoms with van der Waals surface area (Å²) in [6, 6.07) is 1.11. The zero-order valence-electron chi connectivity index (χ0n) is 11.2. The molecule has 1 heterocycles. The number of hydrogen-bond donors (Lipinski definition) is 2. The summed E-state index contributed by atoms with van der Waals surface area (Å²) < 4.78 is 0. The van der Waals surface area contributed by atoms with Crippen molar-refractivity contribution in [1.29, 1.82) is 0 Å². The van der Waals surface area contributed by atoms with E-state index in [1.807, 2.05) is 0 Å². The van der Waals surface area contributed by atoms with E-state index in [-0.39, 0.29) is 0 Å². The van der Waals surface area contributed by atoms with Gasteiger partial charge >= 0.3 is 0 Å². The van der Waals surface area contributed by atoms with Crippen LogP contribution in [0, 0.1) is 5.92 Å². The number of nitrogens with one attached hydrogen (secondary N) is 1. The molecule has 17 heavy (non-hydrogen) atoms. The molecule has 2 aliphatic rings. The number of guanidine groups is 1. The Morgan fingerprint density at radius 2 is 2.24 bits per heavy atom. The molecule has 2 atom stereocenters. The van der Waals surface area contributed by atoms with E-state index < -0.39 is 0 Å². The smallest absolute Gasteiger partial charge is 0.188 e. The summed E-state index contributed by atoms with van der Waals surface area (Å²) in [7, 11) is 0. The van der Waals surface area contributed by atoms with Crippen molar-refractivity contribution in [2.45, 2.75) is 51.6 Å². The van der Waals surface area contributed by atoms with Crippen LogP contribution in [-0.2, 0) is 0 Å². The molecule has 1 saturated carbocycles. The van der Waals surface area contributed by atoms with E-state index in [4.69, 9.17) is 5.73 Å². The maximum atomic E-state index is 5.84. The molecule has 2 fully saturated rings. The fourth-order valence-electron chi connectivity index (χ4n) is 2.45. The van der Waals surface area contributed by atoms with Crippen molar-refractivity contribution in [3.8, 4) is 0 Å². The van der Waals surface area contributed by atoms with Gasteiger partial charge in [-0.3, -0.25) is 9.89 Å². The minimum atomic E-state index is 0.511. The highest BCUT2D eigenvalue weighted by atomic mass is 15.2. The van der Waals surface area contributed by atoms with Gasteiger partial charge in [0.05, 0.1) is 6.54 Å². The van der Waals surface area contributed by atoms with Gasteiger partial charge in [-0.05, 0) is 45.1 Å². The summed E-state index contributed by atoms with van der Waals surface area (Å²) in [5.41, 5.74) is 5.84. The summed E-state index contributed by atoms with van der Waals surface area (Å²) in [4.78, 5) is 6.99. The molecule has 98 valence electrons. The van der Waals surface area contributed by atoms with Crippen LogP contribution in [0.4, 0.5) is 0 Å². The van der Waals surface area contributed by atoms with E-state index in [1.54, 1.807) is 0 Å². The first-order valence-electron chi connectivity index (χ1n) is 6.95. The van der Waals surface area contributed by atoms with Crippen LogP contribution in [0.2, 0.25) is 0 Å². The minimum Gasteiger partial charge on any atom is -0.370 e. The second kappa shape index (κ2) is 5.71. The quantitative estimate of drug-likeness (QED) is 0.571. The lowest BCUT2D eigenvalue weighted by molar-refractivity contribution is 0.142. The average molecular weight is 238 g/mol.